The fourth-order valence-electron chi connectivity index (χ4n) is 3.28. The molecule has 1 aromatic heterocycles. The maximum absolute atomic E-state index is 12.9. The summed E-state index contributed by atoms with van der Waals surface area (Å²) in [6.07, 6.45) is 4.84. The number of aryl methyl sites for hydroxylation is 1. The minimum atomic E-state index is -0.511. The average Bonchev–Trinajstić information content (AvgIpc) is 2.42. The molecule has 128 valence electrons. The molecule has 0 aromatic carbocycles. The Morgan fingerprint density at radius 2 is 2.00 bits per heavy atom. The Morgan fingerprint density at radius 3 is 2.61 bits per heavy atom. The number of ether oxygens (including phenoxy) is 1. The molecule has 1 aromatic rings. The molecule has 0 bridgehead atoms. The first-order chi connectivity index (χ1) is 10.7. The standard InChI is InChI=1S/C19H30N2O2/c1-13-10-11-20-17(12-13)21(18(22)23-19(4,5)6)16-9-7-8-14(2)15(16)3/h10-12,14-16H,7-9H2,1-6H3/t14-,15-,16+/m0/s1. The number of hydrogen-bond donors (Lipinski definition) is 0. The van der Waals surface area contributed by atoms with E-state index in [1.54, 1.807) is 11.1 Å². The maximum atomic E-state index is 12.9. The van der Waals surface area contributed by atoms with Crippen molar-refractivity contribution in [2.75, 3.05) is 4.90 Å². The number of nitrogens with zero attached hydrogens (tertiary/aromatic N) is 2. The molecule has 23 heavy (non-hydrogen) atoms. The van der Waals surface area contributed by atoms with Crippen molar-refractivity contribution < 1.29 is 9.53 Å². The number of aromatic nitrogens is 1. The van der Waals surface area contributed by atoms with E-state index in [1.165, 1.54) is 6.42 Å². The van der Waals surface area contributed by atoms with Crippen molar-refractivity contribution in [1.82, 2.24) is 4.98 Å². The van der Waals surface area contributed by atoms with Gasteiger partial charge < -0.3 is 4.74 Å². The minimum absolute atomic E-state index is 0.142. The van der Waals surface area contributed by atoms with Gasteiger partial charge in [-0.15, -0.1) is 0 Å². The third-order valence-corrected chi connectivity index (χ3v) is 4.73. The molecule has 0 radical (unpaired) electrons. The molecule has 1 amide bonds. The Kier molecular flexibility index (Phi) is 5.33. The summed E-state index contributed by atoms with van der Waals surface area (Å²) in [6.45, 7) is 12.2. The second kappa shape index (κ2) is 6.90. The van der Waals surface area contributed by atoms with E-state index in [2.05, 4.69) is 18.8 Å². The molecule has 0 unspecified atom stereocenters. The monoisotopic (exact) mass is 318 g/mol. The molecular weight excluding hydrogens is 288 g/mol. The van der Waals surface area contributed by atoms with Crippen LogP contribution in [0.5, 0.6) is 0 Å². The van der Waals surface area contributed by atoms with E-state index in [9.17, 15) is 4.79 Å². The van der Waals surface area contributed by atoms with Gasteiger partial charge in [-0.3, -0.25) is 4.90 Å². The van der Waals surface area contributed by atoms with Crippen LogP contribution in [-0.2, 0) is 4.74 Å². The summed E-state index contributed by atoms with van der Waals surface area (Å²) in [4.78, 5) is 19.1. The Hall–Kier alpha value is -1.58. The largest absolute Gasteiger partial charge is 0.443 e. The lowest BCUT2D eigenvalue weighted by atomic mass is 9.77. The predicted molar refractivity (Wildman–Crippen MR) is 93.7 cm³/mol. The molecule has 1 aliphatic rings. The summed E-state index contributed by atoms with van der Waals surface area (Å²) in [5.74, 6) is 1.73. The lowest BCUT2D eigenvalue weighted by Crippen LogP contribution is -2.49. The van der Waals surface area contributed by atoms with Gasteiger partial charge in [0.25, 0.3) is 0 Å². The van der Waals surface area contributed by atoms with Crippen LogP contribution in [-0.4, -0.2) is 22.7 Å². The number of carbonyl (C=O) groups excluding carboxylic acids is 1. The average molecular weight is 318 g/mol. The highest BCUT2D eigenvalue weighted by atomic mass is 16.6. The van der Waals surface area contributed by atoms with Crippen molar-refractivity contribution in [3.05, 3.63) is 23.9 Å². The summed E-state index contributed by atoms with van der Waals surface area (Å²) < 4.78 is 5.68. The highest BCUT2D eigenvalue weighted by Gasteiger charge is 2.37. The number of pyridine rings is 1. The molecular formula is C19H30N2O2. The van der Waals surface area contributed by atoms with Gasteiger partial charge >= 0.3 is 6.09 Å². The molecule has 0 saturated heterocycles. The van der Waals surface area contributed by atoms with Crippen molar-refractivity contribution >= 4 is 11.9 Å². The summed E-state index contributed by atoms with van der Waals surface area (Å²) in [5.41, 5.74) is 0.586. The van der Waals surface area contributed by atoms with E-state index in [0.29, 0.717) is 17.7 Å². The zero-order valence-corrected chi connectivity index (χ0v) is 15.3. The first kappa shape index (κ1) is 17.8. The smallest absolute Gasteiger partial charge is 0.416 e. The fraction of sp³-hybridized carbons (Fsp3) is 0.684. The van der Waals surface area contributed by atoms with E-state index in [1.807, 2.05) is 39.8 Å². The van der Waals surface area contributed by atoms with Gasteiger partial charge in [-0.05, 0) is 63.6 Å². The van der Waals surface area contributed by atoms with Crippen LogP contribution in [0.15, 0.2) is 18.3 Å². The Balaban J connectivity index is 2.36. The lowest BCUT2D eigenvalue weighted by Gasteiger charge is -2.41. The number of anilines is 1. The van der Waals surface area contributed by atoms with Crippen molar-refractivity contribution in [2.24, 2.45) is 11.8 Å². The summed E-state index contributed by atoms with van der Waals surface area (Å²) in [6, 6.07) is 4.06. The van der Waals surface area contributed by atoms with E-state index < -0.39 is 5.60 Å². The van der Waals surface area contributed by atoms with Gasteiger partial charge in [0.15, 0.2) is 0 Å². The second-order valence-electron chi connectivity index (χ2n) is 7.88. The SMILES string of the molecule is Cc1ccnc(N(C(=O)OC(C)(C)C)[C@@H]2CCC[C@H](C)[C@@H]2C)c1. The molecule has 1 saturated carbocycles. The maximum Gasteiger partial charge on any atom is 0.416 e. The number of amides is 1. The lowest BCUT2D eigenvalue weighted by molar-refractivity contribution is 0.0532. The van der Waals surface area contributed by atoms with Crippen LogP contribution in [0.1, 0.15) is 59.4 Å². The molecule has 1 heterocycles. The fourth-order valence-corrected chi connectivity index (χ4v) is 3.28. The normalized spacial score (nSPS) is 25.0. The van der Waals surface area contributed by atoms with Crippen LogP contribution in [0.2, 0.25) is 0 Å². The summed E-state index contributed by atoms with van der Waals surface area (Å²) >= 11 is 0. The van der Waals surface area contributed by atoms with Gasteiger partial charge in [-0.25, -0.2) is 9.78 Å². The second-order valence-corrected chi connectivity index (χ2v) is 7.88. The minimum Gasteiger partial charge on any atom is -0.443 e. The predicted octanol–water partition coefficient (Wildman–Crippen LogP) is 4.96. The third kappa shape index (κ3) is 4.46. The zero-order valence-electron chi connectivity index (χ0n) is 15.3. The molecule has 1 fully saturated rings. The Morgan fingerprint density at radius 1 is 1.30 bits per heavy atom. The molecule has 0 aliphatic heterocycles. The third-order valence-electron chi connectivity index (χ3n) is 4.73. The van der Waals surface area contributed by atoms with Gasteiger partial charge in [0.2, 0.25) is 0 Å². The number of rotatable bonds is 2. The van der Waals surface area contributed by atoms with Gasteiger partial charge in [0.1, 0.15) is 11.4 Å². The van der Waals surface area contributed by atoms with Crippen LogP contribution in [0.25, 0.3) is 0 Å². The first-order valence-corrected chi connectivity index (χ1v) is 8.64. The summed E-state index contributed by atoms with van der Waals surface area (Å²) in [7, 11) is 0. The number of carbonyl (C=O) groups is 1. The molecule has 1 aliphatic carbocycles. The van der Waals surface area contributed by atoms with Crippen LogP contribution < -0.4 is 4.90 Å². The van der Waals surface area contributed by atoms with Crippen molar-refractivity contribution in [1.29, 1.82) is 0 Å². The highest BCUT2D eigenvalue weighted by Crippen LogP contribution is 2.35. The Bertz CT molecular complexity index is 551. The molecule has 4 heteroatoms. The van der Waals surface area contributed by atoms with Gasteiger partial charge in [0, 0.05) is 12.2 Å². The van der Waals surface area contributed by atoms with E-state index in [0.717, 1.165) is 18.4 Å². The van der Waals surface area contributed by atoms with E-state index >= 15 is 0 Å². The highest BCUT2D eigenvalue weighted by molar-refractivity contribution is 5.87. The quantitative estimate of drug-likeness (QED) is 0.774. The zero-order chi connectivity index (χ0) is 17.2. The topological polar surface area (TPSA) is 42.4 Å². The van der Waals surface area contributed by atoms with Crippen molar-refractivity contribution in [2.45, 2.75) is 72.4 Å². The van der Waals surface area contributed by atoms with Crippen LogP contribution in [0.4, 0.5) is 10.6 Å². The molecule has 3 atom stereocenters. The molecule has 4 nitrogen and oxygen atoms in total. The van der Waals surface area contributed by atoms with E-state index in [-0.39, 0.29) is 12.1 Å². The first-order valence-electron chi connectivity index (χ1n) is 8.64. The van der Waals surface area contributed by atoms with Gasteiger partial charge in [-0.1, -0.05) is 26.7 Å². The van der Waals surface area contributed by atoms with Crippen molar-refractivity contribution in [3.63, 3.8) is 0 Å². The molecule has 2 rings (SSSR count). The Labute approximate surface area is 140 Å². The van der Waals surface area contributed by atoms with Crippen LogP contribution in [0.3, 0.4) is 0 Å². The van der Waals surface area contributed by atoms with Gasteiger partial charge in [-0.2, -0.15) is 0 Å². The van der Waals surface area contributed by atoms with Crippen LogP contribution in [0, 0.1) is 18.8 Å². The summed E-state index contributed by atoms with van der Waals surface area (Å²) in [5, 5.41) is 0. The van der Waals surface area contributed by atoms with E-state index in [4.69, 9.17) is 4.74 Å². The molecule has 0 spiro atoms. The van der Waals surface area contributed by atoms with Crippen molar-refractivity contribution in [3.8, 4) is 0 Å². The van der Waals surface area contributed by atoms with Gasteiger partial charge in [0.05, 0.1) is 0 Å². The number of hydrogen-bond acceptors (Lipinski definition) is 3. The molecule has 0 N–H and O–H groups in total. The van der Waals surface area contributed by atoms with Crippen LogP contribution >= 0.6 is 0 Å².